The van der Waals surface area contributed by atoms with Gasteiger partial charge in [-0.05, 0) is 38.1 Å². The first-order valence-corrected chi connectivity index (χ1v) is 6.55. The van der Waals surface area contributed by atoms with Gasteiger partial charge >= 0.3 is 0 Å². The highest BCUT2D eigenvalue weighted by Gasteiger charge is 2.34. The summed E-state index contributed by atoms with van der Waals surface area (Å²) in [5.74, 6) is 0.869. The van der Waals surface area contributed by atoms with Gasteiger partial charge in [-0.3, -0.25) is 4.90 Å². The molecule has 1 nitrogen and oxygen atoms in total. The Bertz CT molecular complexity index is 149. The summed E-state index contributed by atoms with van der Waals surface area (Å²) in [6.07, 6.45) is 7.33. The molecule has 2 rings (SSSR count). The van der Waals surface area contributed by atoms with Gasteiger partial charge in [0.2, 0.25) is 0 Å². The van der Waals surface area contributed by atoms with E-state index in [1.165, 1.54) is 38.6 Å². The minimum Gasteiger partial charge on any atom is -0.297 e. The molecule has 1 heteroatoms. The molecule has 1 aliphatic carbocycles. The summed E-state index contributed by atoms with van der Waals surface area (Å²) < 4.78 is 0. The number of hydrogen-bond donors (Lipinski definition) is 0. The zero-order valence-electron chi connectivity index (χ0n) is 10.4. The van der Waals surface area contributed by atoms with Crippen LogP contribution in [0.25, 0.3) is 0 Å². The lowest BCUT2D eigenvalue weighted by Crippen LogP contribution is -2.45. The second-order valence-corrected chi connectivity index (χ2v) is 4.78. The van der Waals surface area contributed by atoms with E-state index in [1.54, 1.807) is 0 Å². The molecule has 0 amide bonds. The van der Waals surface area contributed by atoms with Crippen molar-refractivity contribution in [2.45, 2.75) is 71.9 Å². The Labute approximate surface area is 89.9 Å². The Morgan fingerprint density at radius 3 is 2.07 bits per heavy atom. The summed E-state index contributed by atoms with van der Waals surface area (Å²) in [6, 6.07) is 1.88. The first kappa shape index (κ1) is 12.0. The molecule has 1 heterocycles. The molecule has 0 aromatic heterocycles. The first-order valence-electron chi connectivity index (χ1n) is 6.55. The molecule has 2 aliphatic rings. The molecule has 0 N–H and O–H groups in total. The van der Waals surface area contributed by atoms with Crippen LogP contribution in [0.4, 0.5) is 0 Å². The van der Waals surface area contributed by atoms with Gasteiger partial charge in [0.1, 0.15) is 0 Å². The van der Waals surface area contributed by atoms with Crippen LogP contribution in [0.5, 0.6) is 0 Å². The van der Waals surface area contributed by atoms with E-state index in [1.807, 2.05) is 13.8 Å². The van der Waals surface area contributed by atoms with Crippen LogP contribution >= 0.6 is 0 Å². The van der Waals surface area contributed by atoms with Gasteiger partial charge in [-0.2, -0.15) is 0 Å². The number of rotatable bonds is 2. The average Bonchev–Trinajstić information content (AvgIpc) is 2.53. The number of likely N-dealkylation sites (tertiary alicyclic amines) is 1. The van der Waals surface area contributed by atoms with Crippen molar-refractivity contribution < 1.29 is 0 Å². The largest absolute Gasteiger partial charge is 0.297 e. The molecule has 1 saturated carbocycles. The Kier molecular flexibility index (Phi) is 4.94. The molecule has 0 radical (unpaired) electrons. The lowest BCUT2D eigenvalue weighted by Gasteiger charge is -2.40. The predicted molar refractivity (Wildman–Crippen MR) is 63.6 cm³/mol. The third-order valence-electron chi connectivity index (χ3n) is 3.66. The summed E-state index contributed by atoms with van der Waals surface area (Å²) in [5, 5.41) is 0. The number of nitrogens with zero attached hydrogens (tertiary/aromatic N) is 1. The highest BCUT2D eigenvalue weighted by atomic mass is 15.2. The van der Waals surface area contributed by atoms with Crippen LogP contribution in [0.3, 0.4) is 0 Å². The number of hydrogen-bond acceptors (Lipinski definition) is 1. The van der Waals surface area contributed by atoms with Crippen LogP contribution in [-0.4, -0.2) is 23.5 Å². The highest BCUT2D eigenvalue weighted by molar-refractivity contribution is 4.90. The fraction of sp³-hybridized carbons (Fsp3) is 1.00. The lowest BCUT2D eigenvalue weighted by molar-refractivity contribution is 0.0918. The van der Waals surface area contributed by atoms with Gasteiger partial charge in [0.25, 0.3) is 0 Å². The van der Waals surface area contributed by atoms with E-state index in [2.05, 4.69) is 18.7 Å². The van der Waals surface area contributed by atoms with E-state index in [0.717, 1.165) is 18.0 Å². The lowest BCUT2D eigenvalue weighted by atomic mass is 9.89. The SMILES string of the molecule is CC.CC(C)C1CCCN1C1CCC1. The molecule has 0 aromatic carbocycles. The summed E-state index contributed by atoms with van der Waals surface area (Å²) in [7, 11) is 0. The molecule has 1 aliphatic heterocycles. The maximum absolute atomic E-state index is 2.79. The van der Waals surface area contributed by atoms with Crippen molar-refractivity contribution in [3.05, 3.63) is 0 Å². The van der Waals surface area contributed by atoms with Gasteiger partial charge in [-0.15, -0.1) is 0 Å². The maximum Gasteiger partial charge on any atom is 0.0122 e. The zero-order chi connectivity index (χ0) is 10.6. The minimum absolute atomic E-state index is 0.869. The molecular weight excluding hydrogens is 170 g/mol. The Balaban J connectivity index is 0.000000461. The molecule has 1 atom stereocenters. The van der Waals surface area contributed by atoms with Gasteiger partial charge in [0.15, 0.2) is 0 Å². The summed E-state index contributed by atoms with van der Waals surface area (Å²) >= 11 is 0. The minimum atomic E-state index is 0.869. The first-order chi connectivity index (χ1) is 6.79. The van der Waals surface area contributed by atoms with E-state index < -0.39 is 0 Å². The second-order valence-electron chi connectivity index (χ2n) is 4.78. The van der Waals surface area contributed by atoms with E-state index in [4.69, 9.17) is 0 Å². The molecule has 14 heavy (non-hydrogen) atoms. The quantitative estimate of drug-likeness (QED) is 0.652. The molecule has 1 saturated heterocycles. The van der Waals surface area contributed by atoms with Gasteiger partial charge in [0.05, 0.1) is 0 Å². The monoisotopic (exact) mass is 197 g/mol. The van der Waals surface area contributed by atoms with E-state index in [9.17, 15) is 0 Å². The van der Waals surface area contributed by atoms with Crippen LogP contribution in [0.2, 0.25) is 0 Å². The Hall–Kier alpha value is -0.0400. The van der Waals surface area contributed by atoms with Crippen LogP contribution in [0.1, 0.15) is 59.8 Å². The van der Waals surface area contributed by atoms with Gasteiger partial charge in [-0.25, -0.2) is 0 Å². The second kappa shape index (κ2) is 5.75. The van der Waals surface area contributed by atoms with E-state index >= 15 is 0 Å². The summed E-state index contributed by atoms with van der Waals surface area (Å²) in [5.41, 5.74) is 0. The van der Waals surface area contributed by atoms with Crippen molar-refractivity contribution in [2.75, 3.05) is 6.54 Å². The standard InChI is InChI=1S/C11H21N.C2H6/c1-9(2)11-7-4-8-12(11)10-5-3-6-10;1-2/h9-11H,3-8H2,1-2H3;1-2H3. The molecule has 0 bridgehead atoms. The normalized spacial score (nSPS) is 28.5. The smallest absolute Gasteiger partial charge is 0.0122 e. The molecule has 0 aromatic rings. The summed E-state index contributed by atoms with van der Waals surface area (Å²) in [6.45, 7) is 10.1. The van der Waals surface area contributed by atoms with Gasteiger partial charge < -0.3 is 0 Å². The fourth-order valence-electron chi connectivity index (χ4n) is 2.70. The molecular formula is C13H27N. The van der Waals surface area contributed by atoms with Crippen LogP contribution in [0.15, 0.2) is 0 Å². The van der Waals surface area contributed by atoms with Crippen LogP contribution < -0.4 is 0 Å². The van der Waals surface area contributed by atoms with Crippen molar-refractivity contribution in [1.29, 1.82) is 0 Å². The molecule has 84 valence electrons. The third-order valence-corrected chi connectivity index (χ3v) is 3.66. The van der Waals surface area contributed by atoms with E-state index in [-0.39, 0.29) is 0 Å². The molecule has 2 fully saturated rings. The van der Waals surface area contributed by atoms with Crippen molar-refractivity contribution in [3.8, 4) is 0 Å². The molecule has 0 spiro atoms. The van der Waals surface area contributed by atoms with Crippen LogP contribution in [0, 0.1) is 5.92 Å². The van der Waals surface area contributed by atoms with E-state index in [0.29, 0.717) is 0 Å². The van der Waals surface area contributed by atoms with Crippen molar-refractivity contribution in [3.63, 3.8) is 0 Å². The third kappa shape index (κ3) is 2.50. The zero-order valence-corrected chi connectivity index (χ0v) is 10.4. The fourth-order valence-corrected chi connectivity index (χ4v) is 2.70. The summed E-state index contributed by atoms with van der Waals surface area (Å²) in [4.78, 5) is 2.79. The molecule has 1 unspecified atom stereocenters. The Morgan fingerprint density at radius 1 is 1.00 bits per heavy atom. The highest BCUT2D eigenvalue weighted by Crippen LogP contribution is 2.33. The van der Waals surface area contributed by atoms with Crippen molar-refractivity contribution in [1.82, 2.24) is 4.90 Å². The van der Waals surface area contributed by atoms with Crippen molar-refractivity contribution in [2.24, 2.45) is 5.92 Å². The Morgan fingerprint density at radius 2 is 1.64 bits per heavy atom. The topological polar surface area (TPSA) is 3.24 Å². The van der Waals surface area contributed by atoms with Gasteiger partial charge in [-0.1, -0.05) is 34.1 Å². The average molecular weight is 197 g/mol. The van der Waals surface area contributed by atoms with Crippen LogP contribution in [-0.2, 0) is 0 Å². The van der Waals surface area contributed by atoms with Crippen molar-refractivity contribution >= 4 is 0 Å². The van der Waals surface area contributed by atoms with Gasteiger partial charge in [0, 0.05) is 12.1 Å². The predicted octanol–water partition coefficient (Wildman–Crippen LogP) is 3.69. The maximum atomic E-state index is 2.79.